The fourth-order valence-corrected chi connectivity index (χ4v) is 2.47. The van der Waals surface area contributed by atoms with Crippen molar-refractivity contribution in [2.24, 2.45) is 0 Å². The van der Waals surface area contributed by atoms with Gasteiger partial charge in [-0.05, 0) is 11.1 Å². The van der Waals surface area contributed by atoms with Crippen molar-refractivity contribution in [2.45, 2.75) is 31.7 Å². The molecule has 2 atom stereocenters. The highest BCUT2D eigenvalue weighted by molar-refractivity contribution is 5.14. The first kappa shape index (κ1) is 19.6. The van der Waals surface area contributed by atoms with Crippen molar-refractivity contribution in [2.75, 3.05) is 20.8 Å². The van der Waals surface area contributed by atoms with Gasteiger partial charge in [-0.3, -0.25) is 0 Å². The van der Waals surface area contributed by atoms with Gasteiger partial charge in [-0.25, -0.2) is 0 Å². The Bertz CT molecular complexity index is 571. The number of methoxy groups -OCH3 is 2. The maximum Gasteiger partial charge on any atom is 0.185 e. The lowest BCUT2D eigenvalue weighted by Gasteiger charge is -2.29. The zero-order valence-corrected chi connectivity index (χ0v) is 14.7. The number of ether oxygens (including phenoxy) is 4. The van der Waals surface area contributed by atoms with E-state index < -0.39 is 18.5 Å². The lowest BCUT2D eigenvalue weighted by Crippen LogP contribution is -2.44. The van der Waals surface area contributed by atoms with Crippen LogP contribution in [0.3, 0.4) is 0 Å². The zero-order chi connectivity index (χ0) is 17.9. The van der Waals surface area contributed by atoms with E-state index in [2.05, 4.69) is 0 Å². The summed E-state index contributed by atoms with van der Waals surface area (Å²) in [6.07, 6.45) is -2.22. The van der Waals surface area contributed by atoms with Crippen molar-refractivity contribution < 1.29 is 24.1 Å². The van der Waals surface area contributed by atoms with Crippen molar-refractivity contribution >= 4 is 0 Å². The van der Waals surface area contributed by atoms with Gasteiger partial charge < -0.3 is 24.1 Å². The smallest absolute Gasteiger partial charge is 0.185 e. The van der Waals surface area contributed by atoms with E-state index >= 15 is 0 Å². The summed E-state index contributed by atoms with van der Waals surface area (Å²) in [7, 11) is 3.04. The van der Waals surface area contributed by atoms with Crippen molar-refractivity contribution in [3.05, 3.63) is 71.8 Å². The van der Waals surface area contributed by atoms with Crippen LogP contribution < -0.4 is 0 Å². The molecule has 0 heterocycles. The summed E-state index contributed by atoms with van der Waals surface area (Å²) < 4.78 is 22.0. The van der Waals surface area contributed by atoms with Crippen LogP contribution in [0.15, 0.2) is 60.7 Å². The molecule has 1 N–H and O–H groups in total. The molecule has 0 amide bonds. The molecule has 2 aromatic carbocycles. The molecule has 0 bridgehead atoms. The molecule has 0 spiro atoms. The minimum absolute atomic E-state index is 0.123. The van der Waals surface area contributed by atoms with Gasteiger partial charge in [0.15, 0.2) is 6.29 Å². The van der Waals surface area contributed by atoms with E-state index in [1.54, 1.807) is 0 Å². The van der Waals surface area contributed by atoms with Gasteiger partial charge in [-0.1, -0.05) is 60.7 Å². The first-order valence-electron chi connectivity index (χ1n) is 8.25. The van der Waals surface area contributed by atoms with Crippen molar-refractivity contribution in [3.63, 3.8) is 0 Å². The van der Waals surface area contributed by atoms with Crippen LogP contribution in [0.25, 0.3) is 0 Å². The molecule has 0 saturated heterocycles. The molecule has 0 aromatic heterocycles. The minimum Gasteiger partial charge on any atom is -0.388 e. The van der Waals surface area contributed by atoms with E-state index in [4.69, 9.17) is 18.9 Å². The molecule has 25 heavy (non-hydrogen) atoms. The lowest BCUT2D eigenvalue weighted by molar-refractivity contribution is -0.218. The predicted octanol–water partition coefficient (Wildman–Crippen LogP) is 2.77. The molecular formula is C20H26O5. The Morgan fingerprint density at radius 2 is 1.32 bits per heavy atom. The third kappa shape index (κ3) is 6.57. The monoisotopic (exact) mass is 346 g/mol. The lowest BCUT2D eigenvalue weighted by atomic mass is 10.2. The first-order chi connectivity index (χ1) is 12.2. The second-order valence-corrected chi connectivity index (χ2v) is 5.67. The first-order valence-corrected chi connectivity index (χ1v) is 8.25. The van der Waals surface area contributed by atoms with Crippen LogP contribution in [-0.4, -0.2) is 44.4 Å². The summed E-state index contributed by atoms with van der Waals surface area (Å²) in [5, 5.41) is 10.5. The third-order valence-corrected chi connectivity index (χ3v) is 3.80. The summed E-state index contributed by atoms with van der Waals surface area (Å²) in [4.78, 5) is 0. The van der Waals surface area contributed by atoms with E-state index in [1.807, 2.05) is 60.7 Å². The number of benzene rings is 2. The fraction of sp³-hybridized carbons (Fsp3) is 0.400. The normalized spacial score (nSPS) is 13.8. The third-order valence-electron chi connectivity index (χ3n) is 3.80. The van der Waals surface area contributed by atoms with E-state index in [1.165, 1.54) is 14.2 Å². The summed E-state index contributed by atoms with van der Waals surface area (Å²) in [5.74, 6) is 0. The Balaban J connectivity index is 1.89. The van der Waals surface area contributed by atoms with Gasteiger partial charge >= 0.3 is 0 Å². The minimum atomic E-state index is -0.877. The second-order valence-electron chi connectivity index (χ2n) is 5.67. The molecule has 0 unspecified atom stereocenters. The highest BCUT2D eigenvalue weighted by Gasteiger charge is 2.30. The van der Waals surface area contributed by atoms with Crippen molar-refractivity contribution in [1.82, 2.24) is 0 Å². The van der Waals surface area contributed by atoms with E-state index in [0.29, 0.717) is 13.2 Å². The van der Waals surface area contributed by atoms with Gasteiger partial charge in [-0.15, -0.1) is 0 Å². The Morgan fingerprint density at radius 3 is 1.84 bits per heavy atom. The highest BCUT2D eigenvalue weighted by atomic mass is 16.7. The SMILES string of the molecule is COC(OC)[C@H](OCc1ccccc1)[C@H](O)COCc1ccccc1. The standard InChI is InChI=1S/C20H26O5/c1-22-20(23-2)19(25-14-17-11-7-4-8-12-17)18(21)15-24-13-16-9-5-3-6-10-16/h3-12,18-21H,13-15H2,1-2H3/t18-,19-/m1/s1. The van der Waals surface area contributed by atoms with Crippen LogP contribution >= 0.6 is 0 Å². The maximum atomic E-state index is 10.5. The van der Waals surface area contributed by atoms with Crippen LogP contribution in [0.4, 0.5) is 0 Å². The highest BCUT2D eigenvalue weighted by Crippen LogP contribution is 2.14. The van der Waals surface area contributed by atoms with Gasteiger partial charge in [0.1, 0.15) is 12.2 Å². The Hall–Kier alpha value is -1.76. The van der Waals surface area contributed by atoms with Crippen molar-refractivity contribution in [1.29, 1.82) is 0 Å². The zero-order valence-electron chi connectivity index (χ0n) is 14.7. The Morgan fingerprint density at radius 1 is 0.800 bits per heavy atom. The molecular weight excluding hydrogens is 320 g/mol. The molecule has 136 valence electrons. The van der Waals surface area contributed by atoms with Gasteiger partial charge in [-0.2, -0.15) is 0 Å². The molecule has 2 rings (SSSR count). The van der Waals surface area contributed by atoms with Crippen LogP contribution in [0.5, 0.6) is 0 Å². The number of aliphatic hydroxyl groups excluding tert-OH is 1. The van der Waals surface area contributed by atoms with Gasteiger partial charge in [0, 0.05) is 14.2 Å². The molecule has 0 aliphatic rings. The molecule has 0 saturated carbocycles. The predicted molar refractivity (Wildman–Crippen MR) is 94.9 cm³/mol. The van der Waals surface area contributed by atoms with Crippen LogP contribution in [0, 0.1) is 0 Å². The van der Waals surface area contributed by atoms with Gasteiger partial charge in [0.25, 0.3) is 0 Å². The topological polar surface area (TPSA) is 57.2 Å². The van der Waals surface area contributed by atoms with Gasteiger partial charge in [0.05, 0.1) is 19.8 Å². The fourth-order valence-electron chi connectivity index (χ4n) is 2.47. The quantitative estimate of drug-likeness (QED) is 0.634. The summed E-state index contributed by atoms with van der Waals surface area (Å²) in [6.45, 7) is 0.899. The molecule has 0 radical (unpaired) electrons. The van der Waals surface area contributed by atoms with E-state index in [9.17, 15) is 5.11 Å². The molecule has 0 fully saturated rings. The summed E-state index contributed by atoms with van der Waals surface area (Å²) >= 11 is 0. The number of aliphatic hydroxyl groups is 1. The van der Waals surface area contributed by atoms with Crippen molar-refractivity contribution in [3.8, 4) is 0 Å². The molecule has 0 aliphatic heterocycles. The number of rotatable bonds is 11. The van der Waals surface area contributed by atoms with Crippen LogP contribution in [0.2, 0.25) is 0 Å². The molecule has 5 heteroatoms. The average molecular weight is 346 g/mol. The number of hydrogen-bond donors (Lipinski definition) is 1. The molecule has 0 aliphatic carbocycles. The van der Waals surface area contributed by atoms with Crippen LogP contribution in [0.1, 0.15) is 11.1 Å². The Labute approximate surface area is 149 Å². The average Bonchev–Trinajstić information content (AvgIpc) is 2.66. The summed E-state index contributed by atoms with van der Waals surface area (Å²) in [5.41, 5.74) is 2.06. The van der Waals surface area contributed by atoms with E-state index in [-0.39, 0.29) is 6.61 Å². The van der Waals surface area contributed by atoms with Gasteiger partial charge in [0.2, 0.25) is 0 Å². The summed E-state index contributed by atoms with van der Waals surface area (Å²) in [6, 6.07) is 19.6. The van der Waals surface area contributed by atoms with Crippen LogP contribution in [-0.2, 0) is 32.2 Å². The molecule has 5 nitrogen and oxygen atoms in total. The van der Waals surface area contributed by atoms with E-state index in [0.717, 1.165) is 11.1 Å². The Kier molecular flexibility index (Phi) is 8.59. The molecule has 2 aromatic rings. The largest absolute Gasteiger partial charge is 0.388 e. The second kappa shape index (κ2) is 11.0. The maximum absolute atomic E-state index is 10.5. The number of hydrogen-bond acceptors (Lipinski definition) is 5.